The molecule has 160 valence electrons. The van der Waals surface area contributed by atoms with Crippen LogP contribution in [0.3, 0.4) is 0 Å². The highest BCUT2D eigenvalue weighted by molar-refractivity contribution is 6.07. The molecule has 0 aromatic heterocycles. The molecule has 6 heteroatoms. The van der Waals surface area contributed by atoms with Crippen LogP contribution in [0.15, 0.2) is 36.4 Å². The summed E-state index contributed by atoms with van der Waals surface area (Å²) >= 11 is 0. The van der Waals surface area contributed by atoms with E-state index in [1.807, 2.05) is 12.1 Å². The Bertz CT molecular complexity index is 891. The van der Waals surface area contributed by atoms with Gasteiger partial charge in [0.25, 0.3) is 0 Å². The standard InChI is InChI=1S/C24H29NO5/c1-28-21-10-8-18(15-19(21)16-25-11-5-4-6-12-25)20(26)9-7-17-13-22(29-2)24(27)23(14-17)30-3/h7-10,13-15,27H,4-6,11-12,16H2,1-3H3/p+1/b9-7+. The largest absolute Gasteiger partial charge is 0.502 e. The van der Waals surface area contributed by atoms with Gasteiger partial charge >= 0.3 is 0 Å². The zero-order valence-corrected chi connectivity index (χ0v) is 17.9. The maximum Gasteiger partial charge on any atom is 0.200 e. The summed E-state index contributed by atoms with van der Waals surface area (Å²) in [6.45, 7) is 3.18. The van der Waals surface area contributed by atoms with E-state index in [0.717, 1.165) is 30.9 Å². The first kappa shape index (κ1) is 21.7. The van der Waals surface area contributed by atoms with Crippen molar-refractivity contribution in [2.45, 2.75) is 25.8 Å². The number of hydrogen-bond acceptors (Lipinski definition) is 5. The highest BCUT2D eigenvalue weighted by atomic mass is 16.5. The monoisotopic (exact) mass is 412 g/mol. The molecule has 6 nitrogen and oxygen atoms in total. The highest BCUT2D eigenvalue weighted by Gasteiger charge is 2.18. The number of piperidine rings is 1. The molecule has 2 N–H and O–H groups in total. The molecule has 1 fully saturated rings. The third kappa shape index (κ3) is 5.13. The molecule has 1 heterocycles. The fraction of sp³-hybridized carbons (Fsp3) is 0.375. The van der Waals surface area contributed by atoms with Crippen molar-refractivity contribution >= 4 is 11.9 Å². The van der Waals surface area contributed by atoms with Crippen molar-refractivity contribution in [2.24, 2.45) is 0 Å². The van der Waals surface area contributed by atoms with E-state index in [0.29, 0.717) is 11.1 Å². The van der Waals surface area contributed by atoms with Crippen molar-refractivity contribution in [3.8, 4) is 23.0 Å². The number of methoxy groups -OCH3 is 3. The topological polar surface area (TPSA) is 69.4 Å². The Morgan fingerprint density at radius 3 is 2.20 bits per heavy atom. The summed E-state index contributed by atoms with van der Waals surface area (Å²) in [5, 5.41) is 10.0. The Balaban J connectivity index is 1.80. The van der Waals surface area contributed by atoms with Crippen molar-refractivity contribution < 1.29 is 29.0 Å². The number of hydrogen-bond donors (Lipinski definition) is 2. The number of likely N-dealkylation sites (tertiary alicyclic amines) is 1. The molecule has 1 aliphatic rings. The molecule has 0 radical (unpaired) electrons. The van der Waals surface area contributed by atoms with Gasteiger partial charge < -0.3 is 24.2 Å². The number of allylic oxidation sites excluding steroid dienone is 1. The van der Waals surface area contributed by atoms with E-state index in [1.165, 1.54) is 44.5 Å². The highest BCUT2D eigenvalue weighted by Crippen LogP contribution is 2.37. The van der Waals surface area contributed by atoms with Gasteiger partial charge in [0.05, 0.1) is 34.4 Å². The van der Waals surface area contributed by atoms with E-state index in [-0.39, 0.29) is 23.0 Å². The van der Waals surface area contributed by atoms with Gasteiger partial charge in [0, 0.05) is 11.1 Å². The molecule has 1 aliphatic heterocycles. The summed E-state index contributed by atoms with van der Waals surface area (Å²) in [6, 6.07) is 8.90. The Hall–Kier alpha value is -2.99. The lowest BCUT2D eigenvalue weighted by Crippen LogP contribution is -3.11. The summed E-state index contributed by atoms with van der Waals surface area (Å²) in [7, 11) is 4.60. The average Bonchev–Trinajstić information content (AvgIpc) is 2.78. The van der Waals surface area contributed by atoms with Gasteiger partial charge in [-0.1, -0.05) is 6.08 Å². The lowest BCUT2D eigenvalue weighted by atomic mass is 10.0. The molecule has 0 saturated carbocycles. The van der Waals surface area contributed by atoms with E-state index in [9.17, 15) is 9.90 Å². The van der Waals surface area contributed by atoms with Gasteiger partial charge in [0.1, 0.15) is 12.3 Å². The Kier molecular flexibility index (Phi) is 7.36. The summed E-state index contributed by atoms with van der Waals surface area (Å²) in [5.41, 5.74) is 2.37. The van der Waals surface area contributed by atoms with Gasteiger partial charge in [-0.2, -0.15) is 0 Å². The quantitative estimate of drug-likeness (QED) is 0.515. The molecule has 0 unspecified atom stereocenters. The maximum absolute atomic E-state index is 12.8. The lowest BCUT2D eigenvalue weighted by molar-refractivity contribution is -0.918. The predicted octanol–water partition coefficient (Wildman–Crippen LogP) is 2.88. The van der Waals surface area contributed by atoms with Crippen LogP contribution in [0.4, 0.5) is 0 Å². The molecule has 0 bridgehead atoms. The van der Waals surface area contributed by atoms with E-state index < -0.39 is 0 Å². The minimum absolute atomic E-state index is 0.0662. The van der Waals surface area contributed by atoms with Crippen LogP contribution in [0.1, 0.15) is 40.7 Å². The minimum Gasteiger partial charge on any atom is -0.502 e. The van der Waals surface area contributed by atoms with Crippen LogP contribution in [0, 0.1) is 0 Å². The second-order valence-electron chi connectivity index (χ2n) is 7.49. The lowest BCUT2D eigenvalue weighted by Gasteiger charge is -2.24. The molecule has 2 aromatic carbocycles. The Labute approximate surface area is 177 Å². The number of phenolic OH excluding ortho intramolecular Hbond substituents is 1. The van der Waals surface area contributed by atoms with Crippen LogP contribution in [0.5, 0.6) is 23.0 Å². The van der Waals surface area contributed by atoms with Gasteiger partial charge in [-0.15, -0.1) is 0 Å². The van der Waals surface area contributed by atoms with Gasteiger partial charge in [0.2, 0.25) is 5.75 Å². The molecule has 30 heavy (non-hydrogen) atoms. The van der Waals surface area contributed by atoms with E-state index in [1.54, 1.807) is 31.4 Å². The smallest absolute Gasteiger partial charge is 0.200 e. The number of nitrogens with one attached hydrogen (secondary N) is 1. The van der Waals surface area contributed by atoms with Crippen molar-refractivity contribution in [3.63, 3.8) is 0 Å². The number of rotatable bonds is 8. The molecule has 0 atom stereocenters. The first-order valence-corrected chi connectivity index (χ1v) is 10.2. The number of ketones is 1. The number of benzene rings is 2. The number of quaternary nitrogens is 1. The first-order valence-electron chi connectivity index (χ1n) is 10.2. The van der Waals surface area contributed by atoms with Crippen LogP contribution in [-0.4, -0.2) is 45.3 Å². The summed E-state index contributed by atoms with van der Waals surface area (Å²) in [5.74, 6) is 1.24. The van der Waals surface area contributed by atoms with Crippen molar-refractivity contribution in [1.29, 1.82) is 0 Å². The molecule has 2 aromatic rings. The number of phenols is 1. The van der Waals surface area contributed by atoms with Crippen molar-refractivity contribution in [3.05, 3.63) is 53.1 Å². The predicted molar refractivity (Wildman–Crippen MR) is 116 cm³/mol. The zero-order valence-electron chi connectivity index (χ0n) is 17.9. The molecule has 0 spiro atoms. The van der Waals surface area contributed by atoms with Crippen LogP contribution in [-0.2, 0) is 6.54 Å². The van der Waals surface area contributed by atoms with Crippen molar-refractivity contribution in [2.75, 3.05) is 34.4 Å². The van der Waals surface area contributed by atoms with Gasteiger partial charge in [-0.3, -0.25) is 4.79 Å². The van der Waals surface area contributed by atoms with Gasteiger partial charge in [-0.25, -0.2) is 0 Å². The van der Waals surface area contributed by atoms with Gasteiger partial charge in [-0.05, 0) is 61.2 Å². The molecule has 1 saturated heterocycles. The van der Waals surface area contributed by atoms with Gasteiger partial charge in [0.15, 0.2) is 17.3 Å². The summed E-state index contributed by atoms with van der Waals surface area (Å²) in [6.07, 6.45) is 7.01. The molecule has 3 rings (SSSR count). The van der Waals surface area contributed by atoms with E-state index in [2.05, 4.69) is 0 Å². The summed E-state index contributed by atoms with van der Waals surface area (Å²) in [4.78, 5) is 14.3. The SMILES string of the molecule is COc1ccc(C(=O)/C=C/c2cc(OC)c(O)c(OC)c2)cc1C[NH+]1CCCCC1. The number of ether oxygens (including phenoxy) is 3. The second-order valence-corrected chi connectivity index (χ2v) is 7.49. The molecule has 0 amide bonds. The normalized spacial score (nSPS) is 14.6. The molecule has 0 aliphatic carbocycles. The van der Waals surface area contributed by atoms with Crippen LogP contribution < -0.4 is 19.1 Å². The Morgan fingerprint density at radius 2 is 1.60 bits per heavy atom. The number of aromatic hydroxyl groups is 1. The summed E-state index contributed by atoms with van der Waals surface area (Å²) < 4.78 is 15.9. The number of carbonyl (C=O) groups is 1. The van der Waals surface area contributed by atoms with Crippen molar-refractivity contribution in [1.82, 2.24) is 0 Å². The van der Waals surface area contributed by atoms with Crippen LogP contribution in [0.2, 0.25) is 0 Å². The fourth-order valence-electron chi connectivity index (χ4n) is 3.85. The first-order chi connectivity index (χ1) is 14.5. The zero-order chi connectivity index (χ0) is 21.5. The van der Waals surface area contributed by atoms with Crippen LogP contribution in [0.25, 0.3) is 6.08 Å². The second kappa shape index (κ2) is 10.2. The van der Waals surface area contributed by atoms with Crippen LogP contribution >= 0.6 is 0 Å². The average molecular weight is 413 g/mol. The molecular weight excluding hydrogens is 382 g/mol. The third-order valence-electron chi connectivity index (χ3n) is 5.50. The van der Waals surface area contributed by atoms with E-state index >= 15 is 0 Å². The van der Waals surface area contributed by atoms with E-state index in [4.69, 9.17) is 14.2 Å². The maximum atomic E-state index is 12.8. The minimum atomic E-state index is -0.0986. The number of carbonyl (C=O) groups excluding carboxylic acids is 1. The third-order valence-corrected chi connectivity index (χ3v) is 5.50. The Morgan fingerprint density at radius 1 is 0.967 bits per heavy atom. The molecular formula is C24H30NO5+. The fourth-order valence-corrected chi connectivity index (χ4v) is 3.85.